The molecule has 80 valence electrons. The van der Waals surface area contributed by atoms with Crippen LogP contribution in [0.15, 0.2) is 6.20 Å². The van der Waals surface area contributed by atoms with E-state index in [1.165, 1.54) is 12.8 Å². The quantitative estimate of drug-likeness (QED) is 0.770. The minimum absolute atomic E-state index is 0.350. The molecule has 2 fully saturated rings. The van der Waals surface area contributed by atoms with Crippen molar-refractivity contribution in [2.45, 2.75) is 12.8 Å². The molecule has 1 saturated carbocycles. The van der Waals surface area contributed by atoms with Gasteiger partial charge in [0.05, 0.1) is 13.3 Å². The molecule has 1 aliphatic carbocycles. The van der Waals surface area contributed by atoms with Crippen LogP contribution in [0.2, 0.25) is 0 Å². The highest BCUT2D eigenvalue weighted by molar-refractivity contribution is 5.50. The van der Waals surface area contributed by atoms with Crippen LogP contribution >= 0.6 is 0 Å². The molecule has 1 aliphatic heterocycles. The maximum atomic E-state index is 5.61. The summed E-state index contributed by atoms with van der Waals surface area (Å²) in [4.78, 5) is 10.6. The van der Waals surface area contributed by atoms with Gasteiger partial charge in [0.1, 0.15) is 0 Å². The fourth-order valence-electron chi connectivity index (χ4n) is 2.09. The Morgan fingerprint density at radius 2 is 2.20 bits per heavy atom. The van der Waals surface area contributed by atoms with Gasteiger partial charge in [-0.05, 0) is 12.8 Å². The molecule has 2 heterocycles. The van der Waals surface area contributed by atoms with Gasteiger partial charge in [-0.1, -0.05) is 0 Å². The van der Waals surface area contributed by atoms with Gasteiger partial charge in [0.25, 0.3) is 5.88 Å². The van der Waals surface area contributed by atoms with Crippen molar-refractivity contribution in [2.24, 2.45) is 5.41 Å². The van der Waals surface area contributed by atoms with Gasteiger partial charge in [-0.3, -0.25) is 0 Å². The zero-order valence-corrected chi connectivity index (χ0v) is 8.73. The first kappa shape index (κ1) is 8.76. The SMILES string of the molecule is COc1nc(N2CC3(CC3)C2)cnc1N. The number of hydrogen-bond donors (Lipinski definition) is 1. The number of methoxy groups -OCH3 is 1. The standard InChI is InChI=1S/C10H14N4O/c1-15-9-8(11)12-4-7(13-9)14-5-10(6-14)2-3-10/h4H,2-3,5-6H2,1H3,(H2,11,12). The van der Waals surface area contributed by atoms with Crippen LogP contribution in [0.1, 0.15) is 12.8 Å². The summed E-state index contributed by atoms with van der Waals surface area (Å²) in [5.74, 6) is 1.64. The van der Waals surface area contributed by atoms with Crippen molar-refractivity contribution in [3.8, 4) is 5.88 Å². The molecule has 5 nitrogen and oxygen atoms in total. The predicted octanol–water partition coefficient (Wildman–Crippen LogP) is 0.668. The Labute approximate surface area is 88.3 Å². The minimum atomic E-state index is 0.350. The van der Waals surface area contributed by atoms with Crippen molar-refractivity contribution in [3.05, 3.63) is 6.20 Å². The van der Waals surface area contributed by atoms with Gasteiger partial charge in [-0.25, -0.2) is 4.98 Å². The van der Waals surface area contributed by atoms with E-state index in [4.69, 9.17) is 10.5 Å². The van der Waals surface area contributed by atoms with Crippen LogP contribution < -0.4 is 15.4 Å². The van der Waals surface area contributed by atoms with E-state index < -0.39 is 0 Å². The van der Waals surface area contributed by atoms with E-state index in [1.54, 1.807) is 13.3 Å². The van der Waals surface area contributed by atoms with Crippen molar-refractivity contribution < 1.29 is 4.74 Å². The third kappa shape index (κ3) is 1.30. The van der Waals surface area contributed by atoms with E-state index in [0.29, 0.717) is 17.1 Å². The zero-order chi connectivity index (χ0) is 10.5. The van der Waals surface area contributed by atoms with E-state index in [-0.39, 0.29) is 0 Å². The van der Waals surface area contributed by atoms with Crippen LogP contribution in [0.4, 0.5) is 11.6 Å². The summed E-state index contributed by atoms with van der Waals surface area (Å²) in [5, 5.41) is 0. The number of rotatable bonds is 2. The second-order valence-electron chi connectivity index (χ2n) is 4.48. The van der Waals surface area contributed by atoms with E-state index >= 15 is 0 Å². The molecule has 1 aromatic rings. The van der Waals surface area contributed by atoms with Crippen LogP contribution in [0, 0.1) is 5.41 Å². The molecule has 15 heavy (non-hydrogen) atoms. The lowest BCUT2D eigenvalue weighted by Gasteiger charge is -2.40. The molecule has 1 saturated heterocycles. The summed E-state index contributed by atoms with van der Waals surface area (Å²) in [6.07, 6.45) is 4.44. The monoisotopic (exact) mass is 206 g/mol. The lowest BCUT2D eigenvalue weighted by molar-refractivity contribution is 0.374. The number of hydrogen-bond acceptors (Lipinski definition) is 5. The second-order valence-corrected chi connectivity index (χ2v) is 4.48. The molecular formula is C10H14N4O. The number of nitrogen functional groups attached to an aromatic ring is 1. The van der Waals surface area contributed by atoms with Gasteiger partial charge >= 0.3 is 0 Å². The molecule has 5 heteroatoms. The van der Waals surface area contributed by atoms with E-state index in [9.17, 15) is 0 Å². The average molecular weight is 206 g/mol. The van der Waals surface area contributed by atoms with Crippen molar-refractivity contribution in [1.82, 2.24) is 9.97 Å². The molecule has 0 bridgehead atoms. The maximum Gasteiger partial charge on any atom is 0.258 e. The Morgan fingerprint density at radius 3 is 2.80 bits per heavy atom. The van der Waals surface area contributed by atoms with E-state index in [0.717, 1.165) is 18.9 Å². The highest BCUT2D eigenvalue weighted by Gasteiger charge is 2.52. The molecule has 0 unspecified atom stereocenters. The first-order chi connectivity index (χ1) is 7.22. The Hall–Kier alpha value is -1.52. The summed E-state index contributed by atoms with van der Waals surface area (Å²) in [5.41, 5.74) is 6.23. The highest BCUT2D eigenvalue weighted by Crippen LogP contribution is 2.53. The van der Waals surface area contributed by atoms with E-state index in [2.05, 4.69) is 14.9 Å². The molecule has 0 atom stereocenters. The van der Waals surface area contributed by atoms with Gasteiger partial charge in [0.2, 0.25) is 0 Å². The van der Waals surface area contributed by atoms with Crippen LogP contribution in [-0.4, -0.2) is 30.2 Å². The maximum absolute atomic E-state index is 5.61. The van der Waals surface area contributed by atoms with Crippen LogP contribution in [-0.2, 0) is 0 Å². The Kier molecular flexibility index (Phi) is 1.60. The van der Waals surface area contributed by atoms with Gasteiger partial charge < -0.3 is 15.4 Å². The molecule has 1 aromatic heterocycles. The Morgan fingerprint density at radius 1 is 1.47 bits per heavy atom. The minimum Gasteiger partial charge on any atom is -0.478 e. The van der Waals surface area contributed by atoms with E-state index in [1.807, 2.05) is 0 Å². The normalized spacial score (nSPS) is 21.3. The molecule has 1 spiro atoms. The second kappa shape index (κ2) is 2.74. The van der Waals surface area contributed by atoms with Gasteiger partial charge in [0, 0.05) is 18.5 Å². The van der Waals surface area contributed by atoms with Gasteiger partial charge in [-0.15, -0.1) is 0 Å². The van der Waals surface area contributed by atoms with Gasteiger partial charge in [-0.2, -0.15) is 4.98 Å². The fraction of sp³-hybridized carbons (Fsp3) is 0.600. The molecular weight excluding hydrogens is 192 g/mol. The largest absolute Gasteiger partial charge is 0.478 e. The third-order valence-corrected chi connectivity index (χ3v) is 3.28. The smallest absolute Gasteiger partial charge is 0.258 e. The van der Waals surface area contributed by atoms with Crippen molar-refractivity contribution in [3.63, 3.8) is 0 Å². The molecule has 2 aliphatic rings. The molecule has 0 amide bonds. The molecule has 2 N–H and O–H groups in total. The Balaban J connectivity index is 1.80. The summed E-state index contributed by atoms with van der Waals surface area (Å²) in [6.45, 7) is 2.21. The zero-order valence-electron chi connectivity index (χ0n) is 8.73. The van der Waals surface area contributed by atoms with Crippen molar-refractivity contribution in [1.29, 1.82) is 0 Å². The topological polar surface area (TPSA) is 64.3 Å². The van der Waals surface area contributed by atoms with Crippen LogP contribution in [0.25, 0.3) is 0 Å². The number of nitrogens with zero attached hydrogens (tertiary/aromatic N) is 3. The Bertz CT molecular complexity index is 394. The fourth-order valence-corrected chi connectivity index (χ4v) is 2.09. The number of aromatic nitrogens is 2. The summed E-state index contributed by atoms with van der Waals surface area (Å²) >= 11 is 0. The molecule has 0 aromatic carbocycles. The van der Waals surface area contributed by atoms with Crippen LogP contribution in [0.5, 0.6) is 5.88 Å². The summed E-state index contributed by atoms with van der Waals surface area (Å²) in [6, 6.07) is 0. The summed E-state index contributed by atoms with van der Waals surface area (Å²) in [7, 11) is 1.56. The van der Waals surface area contributed by atoms with Crippen molar-refractivity contribution >= 4 is 11.6 Å². The first-order valence-electron chi connectivity index (χ1n) is 5.14. The number of ether oxygens (including phenoxy) is 1. The van der Waals surface area contributed by atoms with Crippen molar-refractivity contribution in [2.75, 3.05) is 30.8 Å². The molecule has 3 rings (SSSR count). The molecule has 0 radical (unpaired) electrons. The lowest BCUT2D eigenvalue weighted by Crippen LogP contribution is -2.48. The summed E-state index contributed by atoms with van der Waals surface area (Å²) < 4.78 is 5.05. The number of anilines is 2. The third-order valence-electron chi connectivity index (χ3n) is 3.28. The average Bonchev–Trinajstić information content (AvgIpc) is 2.96. The lowest BCUT2D eigenvalue weighted by atomic mass is 9.97. The highest BCUT2D eigenvalue weighted by atomic mass is 16.5. The number of nitrogens with two attached hydrogens (primary N) is 1. The van der Waals surface area contributed by atoms with Gasteiger partial charge in [0.15, 0.2) is 11.6 Å². The van der Waals surface area contributed by atoms with Crippen LogP contribution in [0.3, 0.4) is 0 Å². The first-order valence-corrected chi connectivity index (χ1v) is 5.14. The predicted molar refractivity (Wildman–Crippen MR) is 56.9 cm³/mol.